The van der Waals surface area contributed by atoms with E-state index in [4.69, 9.17) is 4.74 Å². The lowest BCUT2D eigenvalue weighted by molar-refractivity contribution is 0.0562. The zero-order valence-corrected chi connectivity index (χ0v) is 10.8. The summed E-state index contributed by atoms with van der Waals surface area (Å²) < 4.78 is 5.52. The van der Waals surface area contributed by atoms with Crippen LogP contribution in [0.1, 0.15) is 29.3 Å². The van der Waals surface area contributed by atoms with Crippen molar-refractivity contribution < 1.29 is 14.6 Å². The summed E-state index contributed by atoms with van der Waals surface area (Å²) in [5.74, 6) is 0.127. The molecule has 0 bridgehead atoms. The maximum Gasteiger partial charge on any atom is 0.254 e. The van der Waals surface area contributed by atoms with Crippen LogP contribution in [0.25, 0.3) is 0 Å². The van der Waals surface area contributed by atoms with Gasteiger partial charge in [0.25, 0.3) is 5.91 Å². The van der Waals surface area contributed by atoms with E-state index >= 15 is 0 Å². The summed E-state index contributed by atoms with van der Waals surface area (Å²) >= 11 is 0. The van der Waals surface area contributed by atoms with Crippen molar-refractivity contribution in [1.29, 1.82) is 0 Å². The summed E-state index contributed by atoms with van der Waals surface area (Å²) in [4.78, 5) is 14.1. The van der Waals surface area contributed by atoms with Crippen LogP contribution < -0.4 is 0 Å². The summed E-state index contributed by atoms with van der Waals surface area (Å²) in [6.07, 6.45) is 0.920. The largest absolute Gasteiger partial charge is 0.508 e. The van der Waals surface area contributed by atoms with E-state index in [1.54, 1.807) is 17.0 Å². The van der Waals surface area contributed by atoms with Crippen LogP contribution in [-0.4, -0.2) is 41.7 Å². The number of carbonyl (C=O) groups excluding carboxylic acids is 1. The molecule has 1 aliphatic rings. The molecule has 1 heterocycles. The van der Waals surface area contributed by atoms with Crippen molar-refractivity contribution in [3.63, 3.8) is 0 Å². The van der Waals surface area contributed by atoms with Crippen LogP contribution in [0, 0.1) is 6.92 Å². The number of aromatic hydroxyl groups is 1. The van der Waals surface area contributed by atoms with Gasteiger partial charge in [-0.2, -0.15) is 0 Å². The maximum atomic E-state index is 12.3. The van der Waals surface area contributed by atoms with E-state index in [2.05, 4.69) is 0 Å². The molecule has 1 saturated heterocycles. The van der Waals surface area contributed by atoms with E-state index in [1.165, 1.54) is 6.07 Å². The van der Waals surface area contributed by atoms with Gasteiger partial charge in [-0.3, -0.25) is 4.79 Å². The van der Waals surface area contributed by atoms with Crippen LogP contribution in [0.15, 0.2) is 18.2 Å². The molecular formula is C14H19NO3. The molecule has 98 valence electrons. The molecule has 0 aromatic heterocycles. The van der Waals surface area contributed by atoms with Crippen LogP contribution in [0.2, 0.25) is 0 Å². The Morgan fingerprint density at radius 2 is 2.28 bits per heavy atom. The molecule has 1 N–H and O–H groups in total. The lowest BCUT2D eigenvalue weighted by Crippen LogP contribution is -2.35. The van der Waals surface area contributed by atoms with E-state index in [9.17, 15) is 9.90 Å². The van der Waals surface area contributed by atoms with Gasteiger partial charge in [0, 0.05) is 25.3 Å². The maximum absolute atomic E-state index is 12.3. The van der Waals surface area contributed by atoms with Crippen molar-refractivity contribution in [2.75, 3.05) is 19.7 Å². The number of ether oxygens (including phenoxy) is 1. The molecule has 2 rings (SSSR count). The number of phenols is 1. The second-order valence-corrected chi connectivity index (χ2v) is 4.79. The van der Waals surface area contributed by atoms with Crippen molar-refractivity contribution in [3.8, 4) is 5.75 Å². The minimum absolute atomic E-state index is 0.0392. The average Bonchev–Trinajstić information content (AvgIpc) is 2.56. The number of hydrogen-bond donors (Lipinski definition) is 1. The van der Waals surface area contributed by atoms with E-state index in [0.717, 1.165) is 12.0 Å². The number of amides is 1. The summed E-state index contributed by atoms with van der Waals surface area (Å²) in [6.45, 7) is 5.79. The smallest absolute Gasteiger partial charge is 0.254 e. The van der Waals surface area contributed by atoms with Crippen LogP contribution in [-0.2, 0) is 4.74 Å². The van der Waals surface area contributed by atoms with Crippen LogP contribution >= 0.6 is 0 Å². The first-order chi connectivity index (χ1) is 8.58. The van der Waals surface area contributed by atoms with Gasteiger partial charge in [0.05, 0.1) is 6.10 Å². The van der Waals surface area contributed by atoms with Gasteiger partial charge < -0.3 is 14.7 Å². The van der Waals surface area contributed by atoms with Gasteiger partial charge >= 0.3 is 0 Å². The molecule has 1 aliphatic heterocycles. The number of phenolic OH excluding ortho intramolecular Hbond substituents is 1. The van der Waals surface area contributed by atoms with Gasteiger partial charge in [-0.1, -0.05) is 6.07 Å². The third-order valence-corrected chi connectivity index (χ3v) is 3.20. The third-order valence-electron chi connectivity index (χ3n) is 3.20. The second-order valence-electron chi connectivity index (χ2n) is 4.79. The normalized spacial score (nSPS) is 20.6. The van der Waals surface area contributed by atoms with Crippen LogP contribution in [0.4, 0.5) is 0 Å². The van der Waals surface area contributed by atoms with Gasteiger partial charge in [0.2, 0.25) is 0 Å². The highest BCUT2D eigenvalue weighted by molar-refractivity contribution is 5.94. The fraction of sp³-hybridized carbons (Fsp3) is 0.500. The highest BCUT2D eigenvalue weighted by Gasteiger charge is 2.21. The van der Waals surface area contributed by atoms with E-state index in [0.29, 0.717) is 25.3 Å². The monoisotopic (exact) mass is 249 g/mol. The van der Waals surface area contributed by atoms with Gasteiger partial charge in [0.15, 0.2) is 0 Å². The fourth-order valence-corrected chi connectivity index (χ4v) is 2.10. The lowest BCUT2D eigenvalue weighted by atomic mass is 10.1. The minimum atomic E-state index is -0.0392. The standard InChI is InChI=1S/C14H19NO3/c1-10-4-5-12(8-13(10)16)14(17)15-6-3-7-18-11(2)9-15/h4-5,8,11,16H,3,6-7,9H2,1-2H3. The van der Waals surface area contributed by atoms with Crippen molar-refractivity contribution in [1.82, 2.24) is 4.90 Å². The third kappa shape index (κ3) is 2.82. The Morgan fingerprint density at radius 1 is 1.50 bits per heavy atom. The molecular weight excluding hydrogens is 230 g/mol. The summed E-state index contributed by atoms with van der Waals surface area (Å²) in [5.41, 5.74) is 1.31. The van der Waals surface area contributed by atoms with Crippen LogP contribution in [0.3, 0.4) is 0 Å². The second kappa shape index (κ2) is 5.40. The zero-order chi connectivity index (χ0) is 13.1. The number of nitrogens with zero attached hydrogens (tertiary/aromatic N) is 1. The predicted molar refractivity (Wildman–Crippen MR) is 68.8 cm³/mol. The first-order valence-corrected chi connectivity index (χ1v) is 6.28. The first-order valence-electron chi connectivity index (χ1n) is 6.28. The van der Waals surface area contributed by atoms with Crippen LogP contribution in [0.5, 0.6) is 5.75 Å². The Balaban J connectivity index is 2.16. The number of benzene rings is 1. The summed E-state index contributed by atoms with van der Waals surface area (Å²) in [7, 11) is 0. The molecule has 1 aromatic carbocycles. The SMILES string of the molecule is Cc1ccc(C(=O)N2CCCOC(C)C2)cc1O. The van der Waals surface area contributed by atoms with Gasteiger partial charge in [-0.15, -0.1) is 0 Å². The van der Waals surface area contributed by atoms with Crippen molar-refractivity contribution >= 4 is 5.91 Å². The van der Waals surface area contributed by atoms with E-state index < -0.39 is 0 Å². The number of hydrogen-bond acceptors (Lipinski definition) is 3. The average molecular weight is 249 g/mol. The molecule has 18 heavy (non-hydrogen) atoms. The Morgan fingerprint density at radius 3 is 3.00 bits per heavy atom. The van der Waals surface area contributed by atoms with E-state index in [-0.39, 0.29) is 17.8 Å². The molecule has 0 radical (unpaired) electrons. The quantitative estimate of drug-likeness (QED) is 0.827. The van der Waals surface area contributed by atoms with E-state index in [1.807, 2.05) is 13.8 Å². The molecule has 1 fully saturated rings. The molecule has 1 amide bonds. The molecule has 1 atom stereocenters. The van der Waals surface area contributed by atoms with Gasteiger partial charge in [0.1, 0.15) is 5.75 Å². The topological polar surface area (TPSA) is 49.8 Å². The highest BCUT2D eigenvalue weighted by atomic mass is 16.5. The number of rotatable bonds is 1. The summed E-state index contributed by atoms with van der Waals surface area (Å²) in [6, 6.07) is 5.06. The summed E-state index contributed by atoms with van der Waals surface area (Å²) in [5, 5.41) is 9.66. The Bertz CT molecular complexity index is 445. The molecule has 0 saturated carbocycles. The fourth-order valence-electron chi connectivity index (χ4n) is 2.10. The Hall–Kier alpha value is -1.55. The molecule has 1 unspecified atom stereocenters. The highest BCUT2D eigenvalue weighted by Crippen LogP contribution is 2.19. The molecule has 0 aliphatic carbocycles. The molecule has 4 heteroatoms. The van der Waals surface area contributed by atoms with Gasteiger partial charge in [-0.05, 0) is 38.0 Å². The van der Waals surface area contributed by atoms with Gasteiger partial charge in [-0.25, -0.2) is 0 Å². The molecule has 1 aromatic rings. The van der Waals surface area contributed by atoms with Crippen molar-refractivity contribution in [2.24, 2.45) is 0 Å². The van der Waals surface area contributed by atoms with Crippen molar-refractivity contribution in [3.05, 3.63) is 29.3 Å². The lowest BCUT2D eigenvalue weighted by Gasteiger charge is -2.22. The van der Waals surface area contributed by atoms with Crippen molar-refractivity contribution in [2.45, 2.75) is 26.4 Å². The first kappa shape index (κ1) is 12.9. The number of carbonyl (C=O) groups is 1. The Labute approximate surface area is 107 Å². The zero-order valence-electron chi connectivity index (χ0n) is 10.8. The predicted octanol–water partition coefficient (Wildman–Crippen LogP) is 1.95. The molecule has 0 spiro atoms. The minimum Gasteiger partial charge on any atom is -0.508 e. The Kier molecular flexibility index (Phi) is 3.87. The number of aryl methyl sites for hydroxylation is 1. The molecule has 4 nitrogen and oxygen atoms in total.